The highest BCUT2D eigenvalue weighted by molar-refractivity contribution is 7.93. The van der Waals surface area contributed by atoms with Gasteiger partial charge >= 0.3 is 18.3 Å². The van der Waals surface area contributed by atoms with E-state index < -0.39 is 67.9 Å². The fraction of sp³-hybridized carbons (Fsp3) is 0.568. The second-order valence-corrected chi connectivity index (χ2v) is 16.9. The van der Waals surface area contributed by atoms with Crippen LogP contribution in [0.1, 0.15) is 92.6 Å². The van der Waals surface area contributed by atoms with Crippen LogP contribution < -0.4 is 9.46 Å². The molecular formula is C37H44F6N4O7S2. The first kappa shape index (κ1) is 43.2. The molecule has 308 valence electrons. The van der Waals surface area contributed by atoms with Gasteiger partial charge in [0.25, 0.3) is 11.8 Å². The summed E-state index contributed by atoms with van der Waals surface area (Å²) in [4.78, 5) is 45.5. The van der Waals surface area contributed by atoms with Gasteiger partial charge in [-0.3, -0.25) is 19.4 Å². The number of likely N-dealkylation sites (tertiary alicyclic amines) is 2. The minimum Gasteiger partial charge on any atom is -0.481 e. The topological polar surface area (TPSA) is 146 Å². The van der Waals surface area contributed by atoms with Gasteiger partial charge in [-0.05, 0) is 68.1 Å². The summed E-state index contributed by atoms with van der Waals surface area (Å²) in [7, 11) is -4.00. The highest BCUT2D eigenvalue weighted by Crippen LogP contribution is 2.44. The lowest BCUT2D eigenvalue weighted by Crippen LogP contribution is -2.68. The Labute approximate surface area is 324 Å². The second-order valence-electron chi connectivity index (χ2n) is 14.3. The molecule has 2 aliphatic heterocycles. The van der Waals surface area contributed by atoms with E-state index in [1.165, 1.54) is 4.90 Å². The van der Waals surface area contributed by atoms with E-state index in [0.29, 0.717) is 42.6 Å². The van der Waals surface area contributed by atoms with E-state index in [9.17, 15) is 49.1 Å². The molecule has 1 unspecified atom stereocenters. The number of allylic oxidation sites excluding steroid dienone is 4. The van der Waals surface area contributed by atoms with Crippen molar-refractivity contribution in [1.29, 1.82) is 0 Å². The van der Waals surface area contributed by atoms with Gasteiger partial charge in [-0.25, -0.2) is 13.1 Å². The SMILES string of the molecule is CCC[C@H]1N(C(=O)c2ncccc2C(F)(F)F)CCC[C@@]1(Oc1csc(C(F)(F)F)c1)C(=O)N1CCC(C2=C(S(=O)(=O)NCCCC(=O)O)C(C)CC=C2)CC1. The van der Waals surface area contributed by atoms with Gasteiger partial charge in [0.15, 0.2) is 0 Å². The van der Waals surface area contributed by atoms with Crippen molar-refractivity contribution in [3.8, 4) is 5.75 Å². The molecule has 2 amide bonds. The van der Waals surface area contributed by atoms with Crippen molar-refractivity contribution in [2.24, 2.45) is 11.8 Å². The Balaban J connectivity index is 1.48. The number of carboxylic acid groups (broad SMARTS) is 1. The zero-order valence-electron chi connectivity index (χ0n) is 30.8. The second kappa shape index (κ2) is 17.3. The summed E-state index contributed by atoms with van der Waals surface area (Å²) in [5.74, 6) is -3.75. The van der Waals surface area contributed by atoms with Crippen molar-refractivity contribution in [2.75, 3.05) is 26.2 Å². The molecule has 56 heavy (non-hydrogen) atoms. The fourth-order valence-electron chi connectivity index (χ4n) is 7.89. The van der Waals surface area contributed by atoms with Crippen molar-refractivity contribution < 1.29 is 59.0 Å². The molecule has 2 aromatic rings. The highest BCUT2D eigenvalue weighted by atomic mass is 32.2. The number of carbonyl (C=O) groups is 3. The number of ether oxygens (including phenoxy) is 1. The van der Waals surface area contributed by atoms with Gasteiger partial charge < -0.3 is 19.6 Å². The van der Waals surface area contributed by atoms with Crippen molar-refractivity contribution in [3.05, 3.63) is 68.5 Å². The molecule has 4 heterocycles. The lowest BCUT2D eigenvalue weighted by Gasteiger charge is -2.50. The van der Waals surface area contributed by atoms with Gasteiger partial charge in [0.2, 0.25) is 15.6 Å². The zero-order valence-corrected chi connectivity index (χ0v) is 32.4. The predicted molar refractivity (Wildman–Crippen MR) is 194 cm³/mol. The summed E-state index contributed by atoms with van der Waals surface area (Å²) >= 11 is 0.358. The Hall–Kier alpha value is -3.97. The van der Waals surface area contributed by atoms with Crippen molar-refractivity contribution >= 4 is 39.1 Å². The molecule has 0 aromatic carbocycles. The van der Waals surface area contributed by atoms with Gasteiger partial charge in [-0.1, -0.05) is 32.4 Å². The van der Waals surface area contributed by atoms with Gasteiger partial charge in [0.1, 0.15) is 16.3 Å². The Morgan fingerprint density at radius 3 is 2.45 bits per heavy atom. The maximum atomic E-state index is 14.9. The number of hydrogen-bond acceptors (Lipinski definition) is 8. The number of thiophene rings is 1. The Morgan fingerprint density at radius 1 is 1.11 bits per heavy atom. The summed E-state index contributed by atoms with van der Waals surface area (Å²) < 4.78 is 119. The third-order valence-corrected chi connectivity index (χ3v) is 13.2. The van der Waals surface area contributed by atoms with Crippen LogP contribution in [-0.2, 0) is 32.0 Å². The number of amides is 2. The zero-order chi connectivity index (χ0) is 41.1. The maximum Gasteiger partial charge on any atom is 0.425 e. The van der Waals surface area contributed by atoms with Gasteiger partial charge in [0, 0.05) is 56.7 Å². The van der Waals surface area contributed by atoms with Crippen LogP contribution in [0, 0.1) is 11.8 Å². The number of nitrogens with one attached hydrogen (secondary N) is 1. The van der Waals surface area contributed by atoms with Crippen LogP contribution in [0.15, 0.2) is 52.4 Å². The minimum absolute atomic E-state index is 0.0485. The largest absolute Gasteiger partial charge is 0.481 e. The number of carbonyl (C=O) groups excluding carboxylic acids is 2. The lowest BCUT2D eigenvalue weighted by atomic mass is 9.78. The molecule has 3 aliphatic rings. The number of piperidine rings is 2. The summed E-state index contributed by atoms with van der Waals surface area (Å²) in [5, 5.41) is 10.0. The van der Waals surface area contributed by atoms with Gasteiger partial charge in [-0.15, -0.1) is 11.3 Å². The summed E-state index contributed by atoms with van der Waals surface area (Å²) in [5.41, 5.74) is -3.55. The van der Waals surface area contributed by atoms with E-state index in [-0.39, 0.29) is 80.8 Å². The van der Waals surface area contributed by atoms with Gasteiger partial charge in [-0.2, -0.15) is 26.3 Å². The Kier molecular flexibility index (Phi) is 13.3. The van der Waals surface area contributed by atoms with E-state index in [2.05, 4.69) is 9.71 Å². The number of sulfonamides is 1. The van der Waals surface area contributed by atoms with E-state index in [1.807, 2.05) is 6.08 Å². The Bertz CT molecular complexity index is 1940. The molecule has 0 saturated carbocycles. The average molecular weight is 835 g/mol. The average Bonchev–Trinajstić information content (AvgIpc) is 3.62. The fourth-order valence-corrected chi connectivity index (χ4v) is 10.3. The van der Waals surface area contributed by atoms with Gasteiger partial charge in [0.05, 0.1) is 16.5 Å². The molecule has 0 bridgehead atoms. The van der Waals surface area contributed by atoms with Crippen molar-refractivity contribution in [2.45, 2.75) is 95.6 Å². The van der Waals surface area contributed by atoms with Crippen LogP contribution in [0.2, 0.25) is 0 Å². The normalized spacial score (nSPS) is 22.7. The highest BCUT2D eigenvalue weighted by Gasteiger charge is 2.56. The smallest absolute Gasteiger partial charge is 0.425 e. The van der Waals surface area contributed by atoms with Crippen LogP contribution in [0.25, 0.3) is 0 Å². The predicted octanol–water partition coefficient (Wildman–Crippen LogP) is 7.28. The van der Waals surface area contributed by atoms with Crippen LogP contribution in [0.4, 0.5) is 26.3 Å². The first-order chi connectivity index (χ1) is 26.3. The van der Waals surface area contributed by atoms with Crippen molar-refractivity contribution in [1.82, 2.24) is 19.5 Å². The molecule has 0 spiro atoms. The number of carboxylic acids is 1. The van der Waals surface area contributed by atoms with Crippen LogP contribution in [0.5, 0.6) is 5.75 Å². The third-order valence-electron chi connectivity index (χ3n) is 10.4. The van der Waals surface area contributed by atoms with Crippen molar-refractivity contribution in [3.63, 3.8) is 0 Å². The lowest BCUT2D eigenvalue weighted by molar-refractivity contribution is -0.160. The van der Waals surface area contributed by atoms with E-state index in [1.54, 1.807) is 19.9 Å². The first-order valence-electron chi connectivity index (χ1n) is 18.4. The molecule has 19 heteroatoms. The minimum atomic E-state index is -4.93. The molecule has 1 aliphatic carbocycles. The number of halogens is 6. The molecule has 2 saturated heterocycles. The number of aliphatic carboxylic acids is 1. The van der Waals surface area contributed by atoms with Crippen LogP contribution >= 0.6 is 11.3 Å². The summed E-state index contributed by atoms with van der Waals surface area (Å²) in [6.45, 7) is 3.56. The quantitative estimate of drug-likeness (QED) is 0.158. The first-order valence-corrected chi connectivity index (χ1v) is 20.8. The molecule has 2 aromatic heterocycles. The monoisotopic (exact) mass is 834 g/mol. The summed E-state index contributed by atoms with van der Waals surface area (Å²) in [6.07, 6.45) is -3.59. The van der Waals surface area contributed by atoms with E-state index in [0.717, 1.165) is 34.7 Å². The molecule has 0 radical (unpaired) electrons. The number of aromatic nitrogens is 1. The number of pyridine rings is 1. The number of hydrogen-bond donors (Lipinski definition) is 2. The molecule has 3 atom stereocenters. The standard InChI is InChI=1S/C37H44F6N4O7S2/c1-3-8-28-35(54-25-21-29(55-22-25)37(41,42)43,15-7-18-47(28)33(50)31-27(36(38,39)40)11-5-16-44-31)34(51)46-19-13-24(14-20-46)26-10-4-9-23(2)32(26)56(52,53)45-17-6-12-30(48)49/h4-5,10-11,16,21-24,28,45H,3,6-9,12-15,17-20H2,1-2H3,(H,48,49)/t23?,28-,35+/m1/s1. The third kappa shape index (κ3) is 9.41. The number of alkyl halides is 6. The number of nitrogens with zero attached hydrogens (tertiary/aromatic N) is 3. The summed E-state index contributed by atoms with van der Waals surface area (Å²) in [6, 6.07) is 1.35. The maximum absolute atomic E-state index is 14.9. The molecule has 2 fully saturated rings. The number of rotatable bonds is 13. The molecule has 2 N–H and O–H groups in total. The van der Waals surface area contributed by atoms with E-state index in [4.69, 9.17) is 9.84 Å². The van der Waals surface area contributed by atoms with Crippen LogP contribution in [0.3, 0.4) is 0 Å². The molecule has 5 rings (SSSR count). The molecule has 11 nitrogen and oxygen atoms in total. The Morgan fingerprint density at radius 2 is 1.82 bits per heavy atom. The van der Waals surface area contributed by atoms with E-state index >= 15 is 0 Å². The molecular weight excluding hydrogens is 791 g/mol. The van der Waals surface area contributed by atoms with Crippen LogP contribution in [-0.4, -0.2) is 83.9 Å².